The molecule has 0 aromatic heterocycles. The largest absolute Gasteiger partial charge is 0.508 e. The second-order valence-corrected chi connectivity index (χ2v) is 6.61. The third kappa shape index (κ3) is 1.95. The van der Waals surface area contributed by atoms with E-state index in [4.69, 9.17) is 5.11 Å². The van der Waals surface area contributed by atoms with Crippen molar-refractivity contribution in [3.8, 4) is 11.5 Å². The highest BCUT2D eigenvalue weighted by atomic mass is 16.4. The summed E-state index contributed by atoms with van der Waals surface area (Å²) < 4.78 is 0. The van der Waals surface area contributed by atoms with Crippen molar-refractivity contribution in [3.63, 3.8) is 0 Å². The summed E-state index contributed by atoms with van der Waals surface area (Å²) in [6.07, 6.45) is 1.72. The Morgan fingerprint density at radius 2 is 1.53 bits per heavy atom. The van der Waals surface area contributed by atoms with Crippen molar-refractivity contribution >= 4 is 5.97 Å². The van der Waals surface area contributed by atoms with Gasteiger partial charge >= 0.3 is 5.97 Å². The minimum Gasteiger partial charge on any atom is -0.508 e. The number of benzene rings is 1. The van der Waals surface area contributed by atoms with Gasteiger partial charge in [0.2, 0.25) is 0 Å². The predicted molar refractivity (Wildman–Crippen MR) is 72.0 cm³/mol. The first-order valence-electron chi connectivity index (χ1n) is 6.41. The normalized spacial score (nSPS) is 19.8. The Balaban J connectivity index is 2.87. The zero-order valence-electron chi connectivity index (χ0n) is 11.7. The minimum atomic E-state index is -1.23. The number of phenols is 2. The molecule has 4 nitrogen and oxygen atoms in total. The molecule has 104 valence electrons. The van der Waals surface area contributed by atoms with Gasteiger partial charge in [-0.2, -0.15) is 0 Å². The molecule has 4 heteroatoms. The first-order valence-corrected chi connectivity index (χ1v) is 6.41. The molecule has 1 aromatic carbocycles. The average molecular weight is 264 g/mol. The summed E-state index contributed by atoms with van der Waals surface area (Å²) in [6, 6.07) is 1.15. The van der Waals surface area contributed by atoms with Gasteiger partial charge in [0.1, 0.15) is 17.1 Å². The lowest BCUT2D eigenvalue weighted by Crippen LogP contribution is -2.34. The quantitative estimate of drug-likeness (QED) is 0.681. The number of aromatic carboxylic acids is 1. The van der Waals surface area contributed by atoms with Crippen LogP contribution >= 0.6 is 0 Å². The molecular weight excluding hydrogens is 244 g/mol. The van der Waals surface area contributed by atoms with Crippen molar-refractivity contribution in [2.24, 2.45) is 0 Å². The maximum atomic E-state index is 11.2. The lowest BCUT2D eigenvalue weighted by molar-refractivity contribution is 0.0692. The molecule has 1 aromatic rings. The summed E-state index contributed by atoms with van der Waals surface area (Å²) >= 11 is 0. The van der Waals surface area contributed by atoms with Crippen LogP contribution in [0.3, 0.4) is 0 Å². The molecule has 0 saturated carbocycles. The third-order valence-corrected chi connectivity index (χ3v) is 4.24. The Morgan fingerprint density at radius 1 is 1.05 bits per heavy atom. The van der Waals surface area contributed by atoms with Crippen LogP contribution in [-0.4, -0.2) is 21.3 Å². The topological polar surface area (TPSA) is 77.8 Å². The van der Waals surface area contributed by atoms with Crippen LogP contribution in [0.4, 0.5) is 0 Å². The standard InChI is InChI=1S/C15H20O4/c1-14(2)5-6-15(3,4)11-10(14)9(16)7-8(12(11)17)13(18)19/h7,16-17H,5-6H2,1-4H3,(H,18,19). The second-order valence-electron chi connectivity index (χ2n) is 6.61. The maximum Gasteiger partial charge on any atom is 0.339 e. The van der Waals surface area contributed by atoms with Gasteiger partial charge in [0, 0.05) is 11.1 Å². The number of aromatic hydroxyl groups is 2. The molecule has 0 unspecified atom stereocenters. The zero-order chi connectivity index (χ0) is 14.6. The van der Waals surface area contributed by atoms with Crippen molar-refractivity contribution in [1.29, 1.82) is 0 Å². The third-order valence-electron chi connectivity index (χ3n) is 4.24. The van der Waals surface area contributed by atoms with E-state index in [0.29, 0.717) is 11.1 Å². The smallest absolute Gasteiger partial charge is 0.339 e. The molecule has 0 fully saturated rings. The molecule has 0 bridgehead atoms. The second kappa shape index (κ2) is 3.89. The van der Waals surface area contributed by atoms with Crippen LogP contribution in [0.2, 0.25) is 0 Å². The number of phenolic OH excluding ortho intramolecular Hbond substituents is 1. The first kappa shape index (κ1) is 13.7. The lowest BCUT2D eigenvalue weighted by Gasteiger charge is -2.42. The summed E-state index contributed by atoms with van der Waals surface area (Å²) in [4.78, 5) is 11.2. The van der Waals surface area contributed by atoms with Gasteiger partial charge in [-0.05, 0) is 29.7 Å². The van der Waals surface area contributed by atoms with Gasteiger partial charge in [0.05, 0.1) is 0 Å². The van der Waals surface area contributed by atoms with Crippen LogP contribution in [0.5, 0.6) is 11.5 Å². The summed E-state index contributed by atoms with van der Waals surface area (Å²) in [5, 5.41) is 29.6. The van der Waals surface area contributed by atoms with E-state index in [9.17, 15) is 15.0 Å². The monoisotopic (exact) mass is 264 g/mol. The summed E-state index contributed by atoms with van der Waals surface area (Å²) in [5.41, 5.74) is 0.385. The Kier molecular flexibility index (Phi) is 2.81. The van der Waals surface area contributed by atoms with E-state index in [0.717, 1.165) is 18.9 Å². The van der Waals surface area contributed by atoms with Crippen LogP contribution in [-0.2, 0) is 10.8 Å². The van der Waals surface area contributed by atoms with E-state index in [2.05, 4.69) is 0 Å². The predicted octanol–water partition coefficient (Wildman–Crippen LogP) is 3.15. The Bertz CT molecular complexity index is 556. The highest BCUT2D eigenvalue weighted by Crippen LogP contribution is 2.53. The van der Waals surface area contributed by atoms with Crippen molar-refractivity contribution in [1.82, 2.24) is 0 Å². The number of hydrogen-bond donors (Lipinski definition) is 3. The number of carboxylic acids is 1. The van der Waals surface area contributed by atoms with Crippen LogP contribution in [0, 0.1) is 0 Å². The Hall–Kier alpha value is -1.71. The highest BCUT2D eigenvalue weighted by molar-refractivity contribution is 5.92. The first-order chi connectivity index (χ1) is 8.58. The lowest BCUT2D eigenvalue weighted by atomic mass is 9.62. The minimum absolute atomic E-state index is 0.0389. The van der Waals surface area contributed by atoms with Crippen molar-refractivity contribution in [2.75, 3.05) is 0 Å². The number of carbonyl (C=O) groups is 1. The molecule has 3 N–H and O–H groups in total. The molecule has 0 aliphatic heterocycles. The van der Waals surface area contributed by atoms with Crippen molar-refractivity contribution in [3.05, 3.63) is 22.8 Å². The van der Waals surface area contributed by atoms with Crippen molar-refractivity contribution < 1.29 is 20.1 Å². The van der Waals surface area contributed by atoms with Crippen LogP contribution < -0.4 is 0 Å². The molecule has 19 heavy (non-hydrogen) atoms. The number of hydrogen-bond acceptors (Lipinski definition) is 3. The van der Waals surface area contributed by atoms with Gasteiger partial charge in [0.25, 0.3) is 0 Å². The zero-order valence-corrected chi connectivity index (χ0v) is 11.7. The molecule has 0 radical (unpaired) electrons. The van der Waals surface area contributed by atoms with E-state index in [1.54, 1.807) is 0 Å². The number of rotatable bonds is 1. The molecule has 0 saturated heterocycles. The van der Waals surface area contributed by atoms with Gasteiger partial charge < -0.3 is 15.3 Å². The van der Waals surface area contributed by atoms with E-state index in [1.165, 1.54) is 0 Å². The van der Waals surface area contributed by atoms with Gasteiger partial charge in [0.15, 0.2) is 0 Å². The van der Waals surface area contributed by atoms with Gasteiger partial charge in [-0.3, -0.25) is 0 Å². The average Bonchev–Trinajstić information content (AvgIpc) is 2.26. The Labute approximate surface area is 112 Å². The molecule has 0 amide bonds. The highest BCUT2D eigenvalue weighted by Gasteiger charge is 2.42. The fourth-order valence-electron chi connectivity index (χ4n) is 3.04. The summed E-state index contributed by atoms with van der Waals surface area (Å²) in [5.74, 6) is -1.48. The molecule has 0 spiro atoms. The van der Waals surface area contributed by atoms with Gasteiger partial charge in [-0.1, -0.05) is 27.7 Å². The van der Waals surface area contributed by atoms with E-state index in [-0.39, 0.29) is 27.9 Å². The van der Waals surface area contributed by atoms with E-state index >= 15 is 0 Å². The molecule has 2 rings (SSSR count). The summed E-state index contributed by atoms with van der Waals surface area (Å²) in [6.45, 7) is 7.93. The molecule has 0 heterocycles. The molecular formula is C15H20O4. The van der Waals surface area contributed by atoms with Crippen LogP contribution in [0.1, 0.15) is 62.0 Å². The maximum absolute atomic E-state index is 11.2. The fourth-order valence-corrected chi connectivity index (χ4v) is 3.04. The number of carboxylic acid groups (broad SMARTS) is 1. The van der Waals surface area contributed by atoms with E-state index in [1.807, 2.05) is 27.7 Å². The molecule has 1 aliphatic rings. The molecule has 0 atom stereocenters. The van der Waals surface area contributed by atoms with Crippen LogP contribution in [0.25, 0.3) is 0 Å². The molecule has 1 aliphatic carbocycles. The summed E-state index contributed by atoms with van der Waals surface area (Å²) in [7, 11) is 0. The van der Waals surface area contributed by atoms with Crippen molar-refractivity contribution in [2.45, 2.75) is 51.4 Å². The Morgan fingerprint density at radius 3 is 2.00 bits per heavy atom. The SMILES string of the molecule is CC1(C)CCC(C)(C)c2c(O)c(C(=O)O)cc(O)c21. The van der Waals surface area contributed by atoms with Gasteiger partial charge in [-0.15, -0.1) is 0 Å². The number of fused-ring (bicyclic) bond motifs is 1. The van der Waals surface area contributed by atoms with E-state index < -0.39 is 5.97 Å². The van der Waals surface area contributed by atoms with Gasteiger partial charge in [-0.25, -0.2) is 4.79 Å². The fraction of sp³-hybridized carbons (Fsp3) is 0.533. The van der Waals surface area contributed by atoms with Crippen LogP contribution in [0.15, 0.2) is 6.07 Å².